The molecule has 0 spiro atoms. The van der Waals surface area contributed by atoms with Gasteiger partial charge in [0.15, 0.2) is 5.78 Å². The van der Waals surface area contributed by atoms with Gasteiger partial charge in [-0.3, -0.25) is 4.79 Å². The molecule has 2 nitrogen and oxygen atoms in total. The number of hydrogen-bond acceptors (Lipinski definition) is 2. The molecule has 4 heteroatoms. The Morgan fingerprint density at radius 1 is 1.46 bits per heavy atom. The molecule has 13 heavy (non-hydrogen) atoms. The monoisotopic (exact) mass is 308 g/mol. The Balaban J connectivity index is 2.65. The number of Topliss-reactive ketones (excluding diaryl/α,β-unsaturated/α-hetero) is 1. The lowest BCUT2D eigenvalue weighted by Gasteiger charge is -2.17. The number of hydrogen-bond donors (Lipinski definition) is 0. The van der Waals surface area contributed by atoms with Gasteiger partial charge in [0.1, 0.15) is 5.75 Å². The Bertz CT molecular complexity index is 376. The van der Waals surface area contributed by atoms with Gasteiger partial charge in [-0.05, 0) is 34.7 Å². The SMILES string of the molecule is O=C1CCOc2ccc(Cl)c(I)c21. The van der Waals surface area contributed by atoms with Crippen molar-refractivity contribution in [1.82, 2.24) is 0 Å². The third-order valence-corrected chi connectivity index (χ3v) is 3.68. The van der Waals surface area contributed by atoms with Gasteiger partial charge in [0.05, 0.1) is 17.2 Å². The molecule has 0 fully saturated rings. The van der Waals surface area contributed by atoms with Crippen molar-refractivity contribution in [3.63, 3.8) is 0 Å². The fourth-order valence-electron chi connectivity index (χ4n) is 1.29. The second-order valence-corrected chi connectivity index (χ2v) is 4.24. The second-order valence-electron chi connectivity index (χ2n) is 2.76. The van der Waals surface area contributed by atoms with Gasteiger partial charge in [-0.15, -0.1) is 0 Å². The third-order valence-electron chi connectivity index (χ3n) is 1.92. The van der Waals surface area contributed by atoms with E-state index in [4.69, 9.17) is 16.3 Å². The normalized spacial score (nSPS) is 15.1. The summed E-state index contributed by atoms with van der Waals surface area (Å²) in [6.45, 7) is 0.476. The molecule has 0 radical (unpaired) electrons. The van der Waals surface area contributed by atoms with Crippen LogP contribution in [-0.4, -0.2) is 12.4 Å². The predicted molar refractivity (Wildman–Crippen MR) is 58.6 cm³/mol. The molecule has 0 saturated carbocycles. The van der Waals surface area contributed by atoms with Crippen LogP contribution in [0.25, 0.3) is 0 Å². The van der Waals surface area contributed by atoms with Crippen molar-refractivity contribution in [2.45, 2.75) is 6.42 Å². The Kier molecular flexibility index (Phi) is 2.47. The summed E-state index contributed by atoms with van der Waals surface area (Å²) in [6, 6.07) is 3.50. The summed E-state index contributed by atoms with van der Waals surface area (Å²) in [6.07, 6.45) is 0.448. The quantitative estimate of drug-likeness (QED) is 0.689. The van der Waals surface area contributed by atoms with Crippen LogP contribution < -0.4 is 4.74 Å². The molecule has 2 rings (SSSR count). The molecule has 1 aliphatic rings. The number of benzene rings is 1. The molecule has 0 bridgehead atoms. The van der Waals surface area contributed by atoms with Gasteiger partial charge in [-0.25, -0.2) is 0 Å². The molecular formula is C9H6ClIO2. The molecular weight excluding hydrogens is 302 g/mol. The summed E-state index contributed by atoms with van der Waals surface area (Å²) in [5.74, 6) is 0.776. The van der Waals surface area contributed by atoms with E-state index in [0.29, 0.717) is 29.4 Å². The van der Waals surface area contributed by atoms with Gasteiger partial charge in [0.2, 0.25) is 0 Å². The van der Waals surface area contributed by atoms with E-state index >= 15 is 0 Å². The molecule has 1 aliphatic heterocycles. The molecule has 0 atom stereocenters. The smallest absolute Gasteiger partial charge is 0.171 e. The Morgan fingerprint density at radius 3 is 3.00 bits per heavy atom. The van der Waals surface area contributed by atoms with Crippen molar-refractivity contribution >= 4 is 40.0 Å². The molecule has 0 aliphatic carbocycles. The van der Waals surface area contributed by atoms with Crippen LogP contribution in [0.2, 0.25) is 5.02 Å². The molecule has 1 aromatic carbocycles. The highest BCUT2D eigenvalue weighted by Crippen LogP contribution is 2.33. The van der Waals surface area contributed by atoms with Gasteiger partial charge < -0.3 is 4.74 Å². The van der Waals surface area contributed by atoms with Gasteiger partial charge in [0.25, 0.3) is 0 Å². The minimum absolute atomic E-state index is 0.119. The van der Waals surface area contributed by atoms with Crippen LogP contribution in [0.15, 0.2) is 12.1 Å². The van der Waals surface area contributed by atoms with Crippen LogP contribution in [0.3, 0.4) is 0 Å². The van der Waals surface area contributed by atoms with Crippen molar-refractivity contribution in [2.75, 3.05) is 6.61 Å². The zero-order valence-corrected chi connectivity index (χ0v) is 9.55. The van der Waals surface area contributed by atoms with Crippen molar-refractivity contribution < 1.29 is 9.53 Å². The lowest BCUT2D eigenvalue weighted by Crippen LogP contribution is -2.16. The first-order valence-electron chi connectivity index (χ1n) is 3.84. The van der Waals surface area contributed by atoms with Gasteiger partial charge in [-0.1, -0.05) is 11.6 Å². The molecule has 0 N–H and O–H groups in total. The Labute approximate surface area is 94.4 Å². The van der Waals surface area contributed by atoms with Gasteiger partial charge >= 0.3 is 0 Å². The molecule has 0 saturated heterocycles. The van der Waals surface area contributed by atoms with E-state index in [1.165, 1.54) is 0 Å². The summed E-state index contributed by atoms with van der Waals surface area (Å²) < 4.78 is 6.14. The van der Waals surface area contributed by atoms with Crippen molar-refractivity contribution in [1.29, 1.82) is 0 Å². The number of fused-ring (bicyclic) bond motifs is 1. The fourth-order valence-corrected chi connectivity index (χ4v) is 2.20. The first kappa shape index (κ1) is 9.27. The summed E-state index contributed by atoms with van der Waals surface area (Å²) in [4.78, 5) is 11.5. The number of ketones is 1. The molecule has 68 valence electrons. The molecule has 1 aromatic rings. The summed E-state index contributed by atoms with van der Waals surface area (Å²) >= 11 is 7.97. The largest absolute Gasteiger partial charge is 0.492 e. The molecule has 0 aromatic heterocycles. The van der Waals surface area contributed by atoms with Crippen molar-refractivity contribution in [3.8, 4) is 5.75 Å². The summed E-state index contributed by atoms with van der Waals surface area (Å²) in [5, 5.41) is 0.609. The van der Waals surface area contributed by atoms with Crippen LogP contribution in [0.1, 0.15) is 16.8 Å². The number of halogens is 2. The Morgan fingerprint density at radius 2 is 2.23 bits per heavy atom. The zero-order valence-electron chi connectivity index (χ0n) is 6.64. The van der Waals surface area contributed by atoms with Crippen molar-refractivity contribution in [2.24, 2.45) is 0 Å². The Hall–Kier alpha value is -0.290. The second kappa shape index (κ2) is 3.46. The standard InChI is InChI=1S/C9H6ClIO2/c10-5-1-2-7-8(9(5)11)6(12)3-4-13-7/h1-2H,3-4H2. The lowest BCUT2D eigenvalue weighted by molar-refractivity contribution is 0.0932. The summed E-state index contributed by atoms with van der Waals surface area (Å²) in [7, 11) is 0. The van der Waals surface area contributed by atoms with E-state index in [9.17, 15) is 4.79 Å². The maximum absolute atomic E-state index is 11.5. The first-order chi connectivity index (χ1) is 6.20. The minimum atomic E-state index is 0.119. The maximum Gasteiger partial charge on any atom is 0.171 e. The van der Waals surface area contributed by atoms with Crippen LogP contribution in [0.5, 0.6) is 5.75 Å². The number of ether oxygens (including phenoxy) is 1. The van der Waals surface area contributed by atoms with E-state index in [1.54, 1.807) is 12.1 Å². The van der Waals surface area contributed by atoms with Crippen molar-refractivity contribution in [3.05, 3.63) is 26.3 Å². The topological polar surface area (TPSA) is 26.3 Å². The highest BCUT2D eigenvalue weighted by atomic mass is 127. The zero-order chi connectivity index (χ0) is 9.42. The van der Waals surface area contributed by atoms with Crippen LogP contribution >= 0.6 is 34.2 Å². The maximum atomic E-state index is 11.5. The van der Waals surface area contributed by atoms with Crippen LogP contribution in [0.4, 0.5) is 0 Å². The third kappa shape index (κ3) is 1.55. The highest BCUT2D eigenvalue weighted by molar-refractivity contribution is 14.1. The van der Waals surface area contributed by atoms with Gasteiger partial charge in [0, 0.05) is 9.99 Å². The minimum Gasteiger partial charge on any atom is -0.492 e. The van der Waals surface area contributed by atoms with Gasteiger partial charge in [-0.2, -0.15) is 0 Å². The highest BCUT2D eigenvalue weighted by Gasteiger charge is 2.22. The molecule has 1 heterocycles. The predicted octanol–water partition coefficient (Wildman–Crippen LogP) is 2.91. The average Bonchev–Trinajstić information content (AvgIpc) is 2.12. The molecule has 0 amide bonds. The number of rotatable bonds is 0. The number of carbonyl (C=O) groups is 1. The fraction of sp³-hybridized carbons (Fsp3) is 0.222. The van der Waals surface area contributed by atoms with E-state index < -0.39 is 0 Å². The first-order valence-corrected chi connectivity index (χ1v) is 5.30. The lowest BCUT2D eigenvalue weighted by atomic mass is 10.1. The van der Waals surface area contributed by atoms with E-state index in [2.05, 4.69) is 22.6 Å². The van der Waals surface area contributed by atoms with E-state index in [0.717, 1.165) is 3.57 Å². The van der Waals surface area contributed by atoms with Crippen LogP contribution in [0, 0.1) is 3.57 Å². The molecule has 0 unspecified atom stereocenters. The summed E-state index contributed by atoms with van der Waals surface area (Å²) in [5.41, 5.74) is 0.638. The average molecular weight is 309 g/mol. The van der Waals surface area contributed by atoms with E-state index in [1.807, 2.05) is 0 Å². The van der Waals surface area contributed by atoms with E-state index in [-0.39, 0.29) is 5.78 Å². The number of carbonyl (C=O) groups excluding carboxylic acids is 1. The van der Waals surface area contributed by atoms with Crippen LogP contribution in [-0.2, 0) is 0 Å².